The molecule has 0 fully saturated rings. The topological polar surface area (TPSA) is 27.7 Å². The van der Waals surface area contributed by atoms with Crippen molar-refractivity contribution in [1.82, 2.24) is 18.7 Å². The van der Waals surface area contributed by atoms with E-state index in [2.05, 4.69) is 266 Å². The highest BCUT2D eigenvalue weighted by atomic mass is 15.0. The van der Waals surface area contributed by atoms with Gasteiger partial charge >= 0.3 is 0 Å². The van der Waals surface area contributed by atoms with Crippen LogP contribution in [0.25, 0.3) is 127 Å². The second-order valence-electron chi connectivity index (χ2n) is 32.3. The first-order chi connectivity index (χ1) is 54.6. The van der Waals surface area contributed by atoms with Gasteiger partial charge < -0.3 is 13.7 Å². The number of para-hydroxylation sites is 2. The van der Waals surface area contributed by atoms with E-state index in [4.69, 9.17) is 17.8 Å². The van der Waals surface area contributed by atoms with Gasteiger partial charge in [-0.15, -0.1) is 0 Å². The van der Waals surface area contributed by atoms with Gasteiger partial charge in [0.2, 0.25) is 0 Å². The van der Waals surface area contributed by atoms with Crippen molar-refractivity contribution in [2.45, 2.75) is 145 Å². The maximum atomic E-state index is 8.81. The quantitative estimate of drug-likeness (QED) is 0.156. The molecular weight excluding hydrogens is 1250 g/mol. The molecular formula is C99H98N4. The second kappa shape index (κ2) is 26.9. The lowest BCUT2D eigenvalue weighted by Crippen LogP contribution is -2.16. The van der Waals surface area contributed by atoms with Crippen LogP contribution in [0.3, 0.4) is 0 Å². The fraction of sp³-hybridized carbons (Fsp3) is 0.222. The third-order valence-corrected chi connectivity index (χ3v) is 19.7. The Morgan fingerprint density at radius 1 is 0.301 bits per heavy atom. The molecule has 4 aromatic heterocycles. The van der Waals surface area contributed by atoms with Gasteiger partial charge in [0.1, 0.15) is 0 Å². The summed E-state index contributed by atoms with van der Waals surface area (Å²) in [5, 5.41) is 7.33. The predicted octanol–water partition coefficient (Wildman–Crippen LogP) is 27.5. The molecule has 0 radical (unpaired) electrons. The molecule has 4 nitrogen and oxygen atoms in total. The zero-order valence-electron chi connectivity index (χ0n) is 75.4. The number of hydrogen-bond donors (Lipinski definition) is 0. The molecule has 0 aliphatic carbocycles. The predicted molar refractivity (Wildman–Crippen MR) is 445 cm³/mol. The van der Waals surface area contributed by atoms with E-state index in [-0.39, 0.29) is 98.8 Å². The summed E-state index contributed by atoms with van der Waals surface area (Å²) in [6.45, 7) is 36.5. The van der Waals surface area contributed by atoms with Crippen LogP contribution in [-0.4, -0.2) is 18.7 Å². The van der Waals surface area contributed by atoms with Gasteiger partial charge in [0, 0.05) is 67.2 Å². The molecule has 0 amide bonds. The Morgan fingerprint density at radius 3 is 1.20 bits per heavy atom. The normalized spacial score (nSPS) is 14.1. The van der Waals surface area contributed by atoms with Crippen molar-refractivity contribution >= 4 is 65.4 Å². The van der Waals surface area contributed by atoms with Crippen LogP contribution in [0.1, 0.15) is 161 Å². The lowest BCUT2D eigenvalue weighted by Gasteiger charge is -2.26. The Kier molecular flexibility index (Phi) is 14.3. The van der Waals surface area contributed by atoms with E-state index in [9.17, 15) is 0 Å². The van der Waals surface area contributed by atoms with E-state index in [0.717, 1.165) is 33.1 Å². The van der Waals surface area contributed by atoms with Crippen molar-refractivity contribution in [3.8, 4) is 61.6 Å². The maximum absolute atomic E-state index is 8.81. The summed E-state index contributed by atoms with van der Waals surface area (Å²) in [6.07, 6.45) is 2.89. The van der Waals surface area contributed by atoms with Gasteiger partial charge in [-0.3, -0.25) is 4.98 Å². The van der Waals surface area contributed by atoms with Crippen molar-refractivity contribution in [1.29, 1.82) is 0 Å². The van der Waals surface area contributed by atoms with Crippen molar-refractivity contribution in [2.24, 2.45) is 0 Å². The smallest absolute Gasteiger partial charge is 0.0632 e. The third-order valence-electron chi connectivity index (χ3n) is 19.7. The van der Waals surface area contributed by atoms with E-state index < -0.39 is 23.5 Å². The van der Waals surface area contributed by atoms with E-state index >= 15 is 0 Å². The van der Waals surface area contributed by atoms with E-state index in [0.29, 0.717) is 27.8 Å². The highest BCUT2D eigenvalue weighted by molar-refractivity contribution is 6.20. The van der Waals surface area contributed by atoms with E-state index in [1.807, 2.05) is 51.1 Å². The number of aromatic nitrogens is 4. The van der Waals surface area contributed by atoms with Crippen LogP contribution >= 0.6 is 0 Å². The van der Waals surface area contributed by atoms with Crippen LogP contribution < -0.4 is 0 Å². The summed E-state index contributed by atoms with van der Waals surface area (Å²) in [7, 11) is 0. The minimum atomic E-state index is -0.634. The molecule has 0 N–H and O–H groups in total. The largest absolute Gasteiger partial charge is 0.309 e. The Hall–Kier alpha value is -10.8. The molecule has 0 saturated carbocycles. The molecule has 16 rings (SSSR count). The third kappa shape index (κ3) is 13.2. The molecule has 4 heterocycles. The van der Waals surface area contributed by atoms with Gasteiger partial charge in [-0.2, -0.15) is 0 Å². The van der Waals surface area contributed by atoms with Gasteiger partial charge in [0.05, 0.1) is 56.6 Å². The Balaban J connectivity index is 0.000000149. The Morgan fingerprint density at radius 2 is 0.718 bits per heavy atom. The van der Waals surface area contributed by atoms with Gasteiger partial charge in [0.25, 0.3) is 0 Å². The fourth-order valence-electron chi connectivity index (χ4n) is 15.0. The SMILES string of the molecule is CC(C)(C)c1ccc2c(c1)c1cc(C(C)(C)C)ccc1n2-c1ccc2c(c1C(C)(C)C)c1c(-c3ccccc3)cccc1n2-c1ccccc1.[2H]c1c([2H])c(C)c([2H])c(-c2cccc3c2c2c(C(C)(C)C)cccc2n3-c2ccccc2)c1[2H].[2H]c1c([2H])c([2H])c(-c2cncc(-c3c([2H])c([2H])c([2H])c(C)c3[2H])c2C(C)(C)C)c([2H])c1[2H]. The first kappa shape index (κ1) is 54.9. The van der Waals surface area contributed by atoms with Crippen LogP contribution in [0.2, 0.25) is 0 Å². The summed E-state index contributed by atoms with van der Waals surface area (Å²) in [4.78, 5) is 4.23. The minimum absolute atomic E-state index is 0.00623. The Bertz CT molecular complexity index is 6390. The first-order valence-corrected chi connectivity index (χ1v) is 35.7. The van der Waals surface area contributed by atoms with E-state index in [1.54, 1.807) is 13.8 Å². The summed E-state index contributed by atoms with van der Waals surface area (Å²) >= 11 is 0. The minimum Gasteiger partial charge on any atom is -0.309 e. The highest BCUT2D eigenvalue weighted by Gasteiger charge is 2.31. The van der Waals surface area contributed by atoms with Crippen molar-refractivity contribution in [3.05, 3.63) is 324 Å². The number of rotatable bonds is 7. The lowest BCUT2D eigenvalue weighted by molar-refractivity contribution is 0.590. The maximum Gasteiger partial charge on any atom is 0.0632 e. The molecule has 16 aromatic rings. The highest BCUT2D eigenvalue weighted by Crippen LogP contribution is 2.49. The van der Waals surface area contributed by atoms with Crippen LogP contribution in [0.5, 0.6) is 0 Å². The first-order valence-electron chi connectivity index (χ1n) is 42.2. The molecule has 4 heteroatoms. The van der Waals surface area contributed by atoms with Gasteiger partial charge in [-0.25, -0.2) is 0 Å². The van der Waals surface area contributed by atoms with Gasteiger partial charge in [-0.05, 0) is 181 Å². The summed E-state index contributed by atoms with van der Waals surface area (Å²) in [5.74, 6) is 0. The van der Waals surface area contributed by atoms with Crippen LogP contribution in [-0.2, 0) is 27.1 Å². The number of pyridine rings is 1. The molecule has 0 unspecified atom stereocenters. The number of benzene rings is 12. The summed E-state index contributed by atoms with van der Waals surface area (Å²) in [5.41, 5.74) is 20.6. The number of nitrogens with zero attached hydrogens (tertiary/aromatic N) is 4. The average molecular weight is 1360 g/mol. The monoisotopic (exact) mass is 1360 g/mol. The molecule has 0 aliphatic heterocycles. The standard InChI is InChI=1S/C48H48N2.C29H27N.C22H23N/c1-46(2,3)32-23-25-38-36(29-32)37-30-33(47(4,5)6)24-26-39(37)50(38)42-28-27-41-44(45(42)48(7,8)9)43-35(31-17-12-10-13-18-31)21-16-22-40(43)49(41)34-19-14-11-15-20-34;1-20-11-8-12-21(19-20)23-15-9-17-25-27(23)28-24(29(2,3)4)16-10-18-26(28)30(25)22-13-6-5-7-14-22;1-16-9-8-12-18(13-16)20-15-23-14-19(21(20)22(2,3)4)17-10-6-5-7-11-17/h10-30H,1-9H3;5-19H,1-4H3;5-15H,1-4H3/i;8D,11D,12D,19D;5D,6D,7D,8D,9D,10D,11D,12D,13D. The molecule has 0 aliphatic rings. The summed E-state index contributed by atoms with van der Waals surface area (Å²) < 4.78 is 115. The molecule has 0 bridgehead atoms. The molecule has 514 valence electrons. The number of hydrogen-bond acceptors (Lipinski definition) is 1. The Labute approximate surface area is 629 Å². The average Bonchev–Trinajstić information content (AvgIpc) is 1.53. The lowest BCUT2D eigenvalue weighted by atomic mass is 9.78. The zero-order chi connectivity index (χ0) is 83.8. The second-order valence-corrected chi connectivity index (χ2v) is 32.3. The van der Waals surface area contributed by atoms with Crippen molar-refractivity contribution in [3.63, 3.8) is 0 Å². The summed E-state index contributed by atoms with van der Waals surface area (Å²) in [6, 6.07) is 67.1. The van der Waals surface area contributed by atoms with Crippen molar-refractivity contribution < 1.29 is 17.8 Å². The number of fused-ring (bicyclic) bond motifs is 9. The van der Waals surface area contributed by atoms with Gasteiger partial charge in [-0.1, -0.05) is 309 Å². The molecule has 0 saturated heterocycles. The van der Waals surface area contributed by atoms with Crippen molar-refractivity contribution in [2.75, 3.05) is 0 Å². The van der Waals surface area contributed by atoms with Gasteiger partial charge in [0.15, 0.2) is 0 Å². The molecule has 103 heavy (non-hydrogen) atoms. The molecule has 0 spiro atoms. The molecule has 12 aromatic carbocycles. The van der Waals surface area contributed by atoms with E-state index in [1.165, 1.54) is 101 Å². The van der Waals surface area contributed by atoms with Crippen LogP contribution in [0, 0.1) is 13.8 Å². The molecule has 0 atom stereocenters. The van der Waals surface area contributed by atoms with Crippen LogP contribution in [0.4, 0.5) is 0 Å². The zero-order valence-corrected chi connectivity index (χ0v) is 62.4. The fourth-order valence-corrected chi connectivity index (χ4v) is 15.0. The van der Waals surface area contributed by atoms with Crippen LogP contribution in [0.15, 0.2) is 285 Å².